The average Bonchev–Trinajstić information content (AvgIpc) is 2.86. The van der Waals surface area contributed by atoms with E-state index in [2.05, 4.69) is 22.1 Å². The van der Waals surface area contributed by atoms with Crippen molar-refractivity contribution in [3.8, 4) is 11.8 Å². The molecule has 0 unspecified atom stereocenters. The van der Waals surface area contributed by atoms with E-state index < -0.39 is 0 Å². The highest BCUT2D eigenvalue weighted by molar-refractivity contribution is 7.10. The Hall–Kier alpha value is -2.16. The first-order chi connectivity index (χ1) is 8.79. The van der Waals surface area contributed by atoms with Gasteiger partial charge in [0.1, 0.15) is 6.61 Å². The fourth-order valence-electron chi connectivity index (χ4n) is 1.29. The number of amides is 1. The minimum atomic E-state index is -0.186. The van der Waals surface area contributed by atoms with Gasteiger partial charge in [-0.15, -0.1) is 11.3 Å². The summed E-state index contributed by atoms with van der Waals surface area (Å²) in [6.45, 7) is -0.184. The molecule has 2 N–H and O–H groups in total. The highest BCUT2D eigenvalue weighted by atomic mass is 32.1. The molecule has 2 rings (SSSR count). The van der Waals surface area contributed by atoms with Crippen LogP contribution in [0.1, 0.15) is 15.2 Å². The summed E-state index contributed by atoms with van der Waals surface area (Å²) in [5, 5.41) is 13.1. The number of hydrogen-bond acceptors (Lipinski definition) is 4. The number of anilines is 1. The number of hydrogen-bond donors (Lipinski definition) is 2. The van der Waals surface area contributed by atoms with Gasteiger partial charge in [0, 0.05) is 23.5 Å². The molecule has 4 nitrogen and oxygen atoms in total. The van der Waals surface area contributed by atoms with Crippen molar-refractivity contribution in [2.75, 3.05) is 11.9 Å². The maximum atomic E-state index is 11.9. The molecule has 0 radical (unpaired) electrons. The molecular formula is C13H10N2O2S. The van der Waals surface area contributed by atoms with Crippen LogP contribution in [0.15, 0.2) is 36.0 Å². The maximum absolute atomic E-state index is 11.9. The second kappa shape index (κ2) is 5.96. The van der Waals surface area contributed by atoms with Crippen molar-refractivity contribution < 1.29 is 9.90 Å². The summed E-state index contributed by atoms with van der Waals surface area (Å²) >= 11 is 1.37. The van der Waals surface area contributed by atoms with Gasteiger partial charge in [-0.2, -0.15) is 0 Å². The second-order valence-corrected chi connectivity index (χ2v) is 4.26. The molecule has 0 aliphatic heterocycles. The minimum Gasteiger partial charge on any atom is -0.384 e. The molecule has 0 saturated heterocycles. The molecule has 2 aromatic rings. The van der Waals surface area contributed by atoms with Crippen LogP contribution in [0.25, 0.3) is 0 Å². The van der Waals surface area contributed by atoms with E-state index in [0.29, 0.717) is 11.3 Å². The smallest absolute Gasteiger partial charge is 0.256 e. The standard InChI is InChI=1S/C13H10N2O2S/c16-7-1-2-12-8-10(9-18-12)13(17)15-11-3-5-14-6-4-11/h3-6,8-9,16H,7H2,(H,14,15,17). The summed E-state index contributed by atoms with van der Waals surface area (Å²) in [6.07, 6.45) is 3.22. The van der Waals surface area contributed by atoms with Crippen LogP contribution in [0.5, 0.6) is 0 Å². The minimum absolute atomic E-state index is 0.184. The van der Waals surface area contributed by atoms with Crippen LogP contribution in [-0.4, -0.2) is 22.6 Å². The maximum Gasteiger partial charge on any atom is 0.256 e. The van der Waals surface area contributed by atoms with E-state index >= 15 is 0 Å². The van der Waals surface area contributed by atoms with E-state index in [-0.39, 0.29) is 12.5 Å². The molecule has 5 heteroatoms. The SMILES string of the molecule is O=C(Nc1ccncc1)c1csc(C#CCO)c1. The van der Waals surface area contributed by atoms with Crippen LogP contribution in [0.3, 0.4) is 0 Å². The van der Waals surface area contributed by atoms with Crippen LogP contribution in [0, 0.1) is 11.8 Å². The van der Waals surface area contributed by atoms with Crippen molar-refractivity contribution in [3.63, 3.8) is 0 Å². The molecule has 2 heterocycles. The Balaban J connectivity index is 2.08. The Morgan fingerprint density at radius 2 is 2.22 bits per heavy atom. The van der Waals surface area contributed by atoms with Gasteiger partial charge < -0.3 is 10.4 Å². The molecule has 1 amide bonds. The number of carbonyl (C=O) groups is 1. The van der Waals surface area contributed by atoms with Crippen molar-refractivity contribution >= 4 is 22.9 Å². The Morgan fingerprint density at radius 1 is 1.44 bits per heavy atom. The summed E-state index contributed by atoms with van der Waals surface area (Å²) in [5.74, 6) is 5.12. The number of carbonyl (C=O) groups excluding carboxylic acids is 1. The third-order valence-corrected chi connectivity index (χ3v) is 2.94. The van der Waals surface area contributed by atoms with Crippen molar-refractivity contribution in [2.45, 2.75) is 0 Å². The lowest BCUT2D eigenvalue weighted by atomic mass is 10.3. The predicted molar refractivity (Wildman–Crippen MR) is 70.5 cm³/mol. The molecule has 0 bridgehead atoms. The number of nitrogens with zero attached hydrogens (tertiary/aromatic N) is 1. The lowest BCUT2D eigenvalue weighted by Gasteiger charge is -2.01. The first-order valence-corrected chi connectivity index (χ1v) is 6.07. The van der Waals surface area contributed by atoms with E-state index in [1.54, 1.807) is 36.0 Å². The summed E-state index contributed by atoms with van der Waals surface area (Å²) in [7, 11) is 0. The first-order valence-electron chi connectivity index (χ1n) is 5.19. The zero-order valence-electron chi connectivity index (χ0n) is 9.38. The number of rotatable bonds is 2. The van der Waals surface area contributed by atoms with Crippen LogP contribution < -0.4 is 5.32 Å². The Kier molecular flexibility index (Phi) is 4.07. The third kappa shape index (κ3) is 3.17. The summed E-state index contributed by atoms with van der Waals surface area (Å²) in [5.41, 5.74) is 1.25. The fourth-order valence-corrected chi connectivity index (χ4v) is 2.04. The van der Waals surface area contributed by atoms with Crippen molar-refractivity contribution in [2.24, 2.45) is 0 Å². The third-order valence-electron chi connectivity index (χ3n) is 2.09. The fraction of sp³-hybridized carbons (Fsp3) is 0.0769. The molecule has 90 valence electrons. The van der Waals surface area contributed by atoms with Crippen molar-refractivity contribution in [1.82, 2.24) is 4.98 Å². The van der Waals surface area contributed by atoms with Crippen LogP contribution in [0.4, 0.5) is 5.69 Å². The van der Waals surface area contributed by atoms with Crippen LogP contribution in [-0.2, 0) is 0 Å². The van der Waals surface area contributed by atoms with Crippen molar-refractivity contribution in [1.29, 1.82) is 0 Å². The summed E-state index contributed by atoms with van der Waals surface area (Å²) < 4.78 is 0. The Labute approximate surface area is 108 Å². The van der Waals surface area contributed by atoms with Gasteiger partial charge >= 0.3 is 0 Å². The molecule has 2 aromatic heterocycles. The molecule has 0 aliphatic rings. The van der Waals surface area contributed by atoms with Gasteiger partial charge in [-0.05, 0) is 18.2 Å². The number of nitrogens with one attached hydrogen (secondary N) is 1. The number of thiophene rings is 1. The monoisotopic (exact) mass is 258 g/mol. The Morgan fingerprint density at radius 3 is 2.94 bits per heavy atom. The molecule has 0 aliphatic carbocycles. The van der Waals surface area contributed by atoms with Gasteiger partial charge in [0.2, 0.25) is 0 Å². The highest BCUT2D eigenvalue weighted by Crippen LogP contribution is 2.15. The lowest BCUT2D eigenvalue weighted by Crippen LogP contribution is -2.10. The summed E-state index contributed by atoms with van der Waals surface area (Å²) in [4.78, 5) is 16.5. The molecule has 0 aromatic carbocycles. The number of pyridine rings is 1. The molecule has 0 fully saturated rings. The average molecular weight is 258 g/mol. The first kappa shape index (κ1) is 12.3. The molecule has 18 heavy (non-hydrogen) atoms. The summed E-state index contributed by atoms with van der Waals surface area (Å²) in [6, 6.07) is 5.14. The Bertz CT molecular complexity index is 596. The topological polar surface area (TPSA) is 62.2 Å². The molecular weight excluding hydrogens is 248 g/mol. The van der Waals surface area contributed by atoms with Gasteiger partial charge in [0.05, 0.1) is 10.4 Å². The van der Waals surface area contributed by atoms with Gasteiger partial charge in [0.15, 0.2) is 0 Å². The number of aliphatic hydroxyl groups is 1. The predicted octanol–water partition coefficient (Wildman–Crippen LogP) is 1.74. The van der Waals surface area contributed by atoms with E-state index in [9.17, 15) is 4.79 Å². The van der Waals surface area contributed by atoms with Crippen LogP contribution in [0.2, 0.25) is 0 Å². The van der Waals surface area contributed by atoms with Gasteiger partial charge in [-0.3, -0.25) is 9.78 Å². The van der Waals surface area contributed by atoms with E-state index in [1.165, 1.54) is 11.3 Å². The van der Waals surface area contributed by atoms with Crippen LogP contribution >= 0.6 is 11.3 Å². The highest BCUT2D eigenvalue weighted by Gasteiger charge is 2.07. The zero-order valence-corrected chi connectivity index (χ0v) is 10.2. The number of aromatic nitrogens is 1. The molecule has 0 atom stereocenters. The second-order valence-electron chi connectivity index (χ2n) is 3.35. The zero-order chi connectivity index (χ0) is 12.8. The quantitative estimate of drug-likeness (QED) is 0.806. The van der Waals surface area contributed by atoms with Gasteiger partial charge in [-0.25, -0.2) is 0 Å². The molecule has 0 spiro atoms. The van der Waals surface area contributed by atoms with Gasteiger partial charge in [0.25, 0.3) is 5.91 Å². The van der Waals surface area contributed by atoms with Crippen molar-refractivity contribution in [3.05, 3.63) is 46.4 Å². The van der Waals surface area contributed by atoms with E-state index in [4.69, 9.17) is 5.11 Å². The van der Waals surface area contributed by atoms with E-state index in [0.717, 1.165) is 4.88 Å². The van der Waals surface area contributed by atoms with E-state index in [1.807, 2.05) is 0 Å². The number of aliphatic hydroxyl groups excluding tert-OH is 1. The lowest BCUT2D eigenvalue weighted by molar-refractivity contribution is 0.102. The van der Waals surface area contributed by atoms with Gasteiger partial charge in [-0.1, -0.05) is 11.8 Å². The largest absolute Gasteiger partial charge is 0.384 e. The molecule has 0 saturated carbocycles. The normalized spacial score (nSPS) is 9.39.